The van der Waals surface area contributed by atoms with Gasteiger partial charge >= 0.3 is 0 Å². The molecule has 0 bridgehead atoms. The highest BCUT2D eigenvalue weighted by Gasteiger charge is 2.08. The summed E-state index contributed by atoms with van der Waals surface area (Å²) in [5.74, 6) is 0.253. The van der Waals surface area contributed by atoms with Crippen molar-refractivity contribution < 1.29 is 9.53 Å². The Balaban J connectivity index is 1.80. The molecule has 2 aromatic rings. The number of hydrogen-bond acceptors (Lipinski definition) is 7. The average Bonchev–Trinajstić information content (AvgIpc) is 2.92. The van der Waals surface area contributed by atoms with Crippen LogP contribution in [0.4, 0.5) is 10.8 Å². The lowest BCUT2D eigenvalue weighted by Crippen LogP contribution is -2.14. The Hall–Kier alpha value is -1.64. The van der Waals surface area contributed by atoms with Crippen LogP contribution in [0.3, 0.4) is 0 Å². The van der Waals surface area contributed by atoms with E-state index in [-0.39, 0.29) is 5.91 Å². The molecule has 6 nitrogen and oxygen atoms in total. The molecular formula is C15H20N4O2S2. The lowest BCUT2D eigenvalue weighted by atomic mass is 10.1. The Morgan fingerprint density at radius 3 is 2.70 bits per heavy atom. The smallest absolute Gasteiger partial charge is 0.234 e. The molecular weight excluding hydrogens is 332 g/mol. The van der Waals surface area contributed by atoms with Gasteiger partial charge in [0.2, 0.25) is 11.0 Å². The van der Waals surface area contributed by atoms with Crippen molar-refractivity contribution in [3.8, 4) is 0 Å². The normalized spacial score (nSPS) is 10.6. The van der Waals surface area contributed by atoms with E-state index in [0.29, 0.717) is 18.9 Å². The molecule has 0 spiro atoms. The van der Waals surface area contributed by atoms with E-state index >= 15 is 0 Å². The second kappa shape index (κ2) is 8.85. The third-order valence-corrected chi connectivity index (χ3v) is 4.84. The number of anilines is 2. The molecule has 2 N–H and O–H groups in total. The number of nitrogens with zero attached hydrogens (tertiary/aromatic N) is 2. The van der Waals surface area contributed by atoms with Crippen molar-refractivity contribution in [2.24, 2.45) is 0 Å². The first-order chi connectivity index (χ1) is 11.1. The lowest BCUT2D eigenvalue weighted by Gasteiger charge is -2.06. The maximum atomic E-state index is 12.0. The van der Waals surface area contributed by atoms with E-state index in [1.807, 2.05) is 26.0 Å². The summed E-state index contributed by atoms with van der Waals surface area (Å²) in [7, 11) is 1.65. The maximum Gasteiger partial charge on any atom is 0.234 e. The molecule has 0 aliphatic heterocycles. The summed E-state index contributed by atoms with van der Waals surface area (Å²) in [4.78, 5) is 12.0. The molecule has 8 heteroatoms. The van der Waals surface area contributed by atoms with E-state index in [0.717, 1.165) is 26.3 Å². The molecule has 0 unspecified atom stereocenters. The van der Waals surface area contributed by atoms with Crippen LogP contribution in [0.25, 0.3) is 0 Å². The van der Waals surface area contributed by atoms with Crippen molar-refractivity contribution in [3.63, 3.8) is 0 Å². The number of amides is 1. The van der Waals surface area contributed by atoms with Gasteiger partial charge in [0.05, 0.1) is 12.4 Å². The van der Waals surface area contributed by atoms with Gasteiger partial charge in [-0.05, 0) is 37.1 Å². The van der Waals surface area contributed by atoms with Gasteiger partial charge < -0.3 is 15.4 Å². The standard InChI is InChI=1S/C15H20N4O2S2/c1-10-6-11(2)8-12(7-10)17-13(20)9-22-15-19-18-14(23-15)16-4-5-21-3/h6-8H,4-5,9H2,1-3H3,(H,16,18)(H,17,20). The molecule has 0 aliphatic carbocycles. The third kappa shape index (κ3) is 6.17. The molecule has 124 valence electrons. The summed E-state index contributed by atoms with van der Waals surface area (Å²) < 4.78 is 5.72. The molecule has 1 heterocycles. The number of methoxy groups -OCH3 is 1. The summed E-state index contributed by atoms with van der Waals surface area (Å²) in [6, 6.07) is 5.99. The molecule has 0 atom stereocenters. The van der Waals surface area contributed by atoms with Crippen LogP contribution in [0.2, 0.25) is 0 Å². The fourth-order valence-electron chi connectivity index (χ4n) is 1.97. The van der Waals surface area contributed by atoms with Crippen molar-refractivity contribution in [3.05, 3.63) is 29.3 Å². The second-order valence-corrected chi connectivity index (χ2v) is 7.21. The van der Waals surface area contributed by atoms with Crippen LogP contribution < -0.4 is 10.6 Å². The van der Waals surface area contributed by atoms with Gasteiger partial charge in [-0.15, -0.1) is 10.2 Å². The number of carbonyl (C=O) groups excluding carboxylic acids is 1. The van der Waals surface area contributed by atoms with E-state index in [1.54, 1.807) is 7.11 Å². The van der Waals surface area contributed by atoms with Crippen LogP contribution in [0.15, 0.2) is 22.5 Å². The highest BCUT2D eigenvalue weighted by Crippen LogP contribution is 2.25. The van der Waals surface area contributed by atoms with Crippen LogP contribution in [-0.4, -0.2) is 42.1 Å². The quantitative estimate of drug-likeness (QED) is 0.562. The highest BCUT2D eigenvalue weighted by atomic mass is 32.2. The van der Waals surface area contributed by atoms with Gasteiger partial charge in [-0.2, -0.15) is 0 Å². The van der Waals surface area contributed by atoms with E-state index < -0.39 is 0 Å². The van der Waals surface area contributed by atoms with Crippen LogP contribution in [0, 0.1) is 13.8 Å². The van der Waals surface area contributed by atoms with Gasteiger partial charge in [-0.25, -0.2) is 0 Å². The first-order valence-corrected chi connectivity index (χ1v) is 8.94. The predicted octanol–water partition coefficient (Wildman–Crippen LogP) is 2.94. The molecule has 0 aliphatic rings. The number of aryl methyl sites for hydroxylation is 2. The Morgan fingerprint density at radius 1 is 1.26 bits per heavy atom. The molecule has 23 heavy (non-hydrogen) atoms. The minimum absolute atomic E-state index is 0.0518. The average molecular weight is 352 g/mol. The Bertz CT molecular complexity index is 640. The number of ether oxygens (including phenoxy) is 1. The van der Waals surface area contributed by atoms with Crippen LogP contribution in [-0.2, 0) is 9.53 Å². The molecule has 0 saturated carbocycles. The summed E-state index contributed by atoms with van der Waals surface area (Å²) in [6.07, 6.45) is 0. The number of carbonyl (C=O) groups is 1. The molecule has 0 radical (unpaired) electrons. The molecule has 2 rings (SSSR count). The number of aromatic nitrogens is 2. The lowest BCUT2D eigenvalue weighted by molar-refractivity contribution is -0.113. The Labute approximate surface area is 144 Å². The minimum Gasteiger partial charge on any atom is -0.383 e. The first-order valence-electron chi connectivity index (χ1n) is 7.14. The van der Waals surface area contributed by atoms with Crippen molar-refractivity contribution >= 4 is 39.8 Å². The molecule has 0 saturated heterocycles. The third-order valence-electron chi connectivity index (χ3n) is 2.82. The zero-order valence-corrected chi connectivity index (χ0v) is 15.0. The maximum absolute atomic E-state index is 12.0. The van der Waals surface area contributed by atoms with Gasteiger partial charge in [0.1, 0.15) is 0 Å². The minimum atomic E-state index is -0.0518. The first kappa shape index (κ1) is 17.7. The van der Waals surface area contributed by atoms with Gasteiger partial charge in [0.25, 0.3) is 0 Å². The van der Waals surface area contributed by atoms with Gasteiger partial charge in [0, 0.05) is 19.3 Å². The molecule has 1 aromatic heterocycles. The highest BCUT2D eigenvalue weighted by molar-refractivity contribution is 8.01. The van der Waals surface area contributed by atoms with Crippen molar-refractivity contribution in [1.29, 1.82) is 0 Å². The van der Waals surface area contributed by atoms with Crippen molar-refractivity contribution in [2.75, 3.05) is 36.6 Å². The largest absolute Gasteiger partial charge is 0.383 e. The number of nitrogens with one attached hydrogen (secondary N) is 2. The molecule has 1 aromatic carbocycles. The summed E-state index contributed by atoms with van der Waals surface area (Å²) in [5.41, 5.74) is 3.08. The van der Waals surface area contributed by atoms with E-state index in [1.165, 1.54) is 23.1 Å². The Kier molecular flexibility index (Phi) is 6.82. The number of rotatable bonds is 8. The van der Waals surface area contributed by atoms with Crippen molar-refractivity contribution in [1.82, 2.24) is 10.2 Å². The fourth-order valence-corrected chi connectivity index (χ4v) is 3.55. The van der Waals surface area contributed by atoms with E-state index in [9.17, 15) is 4.79 Å². The zero-order valence-electron chi connectivity index (χ0n) is 13.4. The predicted molar refractivity (Wildman–Crippen MR) is 95.5 cm³/mol. The molecule has 0 fully saturated rings. The van der Waals surface area contributed by atoms with E-state index in [4.69, 9.17) is 4.74 Å². The fraction of sp³-hybridized carbons (Fsp3) is 0.400. The number of thioether (sulfide) groups is 1. The van der Waals surface area contributed by atoms with Gasteiger partial charge in [0.15, 0.2) is 4.34 Å². The number of hydrogen-bond donors (Lipinski definition) is 2. The van der Waals surface area contributed by atoms with E-state index in [2.05, 4.69) is 26.9 Å². The summed E-state index contributed by atoms with van der Waals surface area (Å²) >= 11 is 2.81. The monoisotopic (exact) mass is 352 g/mol. The SMILES string of the molecule is COCCNc1nnc(SCC(=O)Nc2cc(C)cc(C)c2)s1. The van der Waals surface area contributed by atoms with Crippen LogP contribution in [0.5, 0.6) is 0 Å². The van der Waals surface area contributed by atoms with Gasteiger partial charge in [-0.1, -0.05) is 29.2 Å². The Morgan fingerprint density at radius 2 is 2.00 bits per heavy atom. The van der Waals surface area contributed by atoms with Crippen LogP contribution in [0.1, 0.15) is 11.1 Å². The zero-order chi connectivity index (χ0) is 16.7. The molecule has 1 amide bonds. The number of benzene rings is 1. The summed E-state index contributed by atoms with van der Waals surface area (Å²) in [5, 5.41) is 14.8. The summed E-state index contributed by atoms with van der Waals surface area (Å²) in [6.45, 7) is 5.32. The van der Waals surface area contributed by atoms with Gasteiger partial charge in [-0.3, -0.25) is 4.79 Å². The van der Waals surface area contributed by atoms with Crippen molar-refractivity contribution in [2.45, 2.75) is 18.2 Å². The van der Waals surface area contributed by atoms with Crippen LogP contribution >= 0.6 is 23.1 Å². The second-order valence-electron chi connectivity index (χ2n) is 5.01. The topological polar surface area (TPSA) is 76.1 Å².